The number of carbonyl (C=O) groups excluding carboxylic acids is 1. The first-order valence-corrected chi connectivity index (χ1v) is 7.90. The van der Waals surface area contributed by atoms with Gasteiger partial charge < -0.3 is 9.84 Å². The quantitative estimate of drug-likeness (QED) is 0.859. The van der Waals surface area contributed by atoms with E-state index >= 15 is 0 Å². The van der Waals surface area contributed by atoms with E-state index in [4.69, 9.17) is 16.3 Å². The second kappa shape index (κ2) is 6.80. The minimum absolute atomic E-state index is 0.221. The van der Waals surface area contributed by atoms with E-state index in [9.17, 15) is 14.7 Å². The molecule has 24 heavy (non-hydrogen) atoms. The Bertz CT molecular complexity index is 753. The molecule has 7 heteroatoms. The van der Waals surface area contributed by atoms with Gasteiger partial charge in [0.25, 0.3) is 5.91 Å². The first kappa shape index (κ1) is 16.1. The van der Waals surface area contributed by atoms with Gasteiger partial charge >= 0.3 is 6.09 Å². The summed E-state index contributed by atoms with van der Waals surface area (Å²) in [7, 11) is 0. The van der Waals surface area contributed by atoms with Gasteiger partial charge in [0.15, 0.2) is 6.23 Å². The fourth-order valence-corrected chi connectivity index (χ4v) is 2.77. The summed E-state index contributed by atoms with van der Waals surface area (Å²) < 4.78 is 5.82. The molecule has 6 nitrogen and oxygen atoms in total. The Morgan fingerprint density at radius 2 is 1.83 bits per heavy atom. The Kier molecular flexibility index (Phi) is 4.57. The molecule has 2 amide bonds. The summed E-state index contributed by atoms with van der Waals surface area (Å²) in [4.78, 5) is 24.8. The van der Waals surface area contributed by atoms with Crippen molar-refractivity contribution >= 4 is 29.3 Å². The Morgan fingerprint density at radius 1 is 1.17 bits per heavy atom. The molecule has 1 heterocycles. The highest BCUT2D eigenvalue weighted by Gasteiger charge is 2.40. The van der Waals surface area contributed by atoms with Gasteiger partial charge in [-0.25, -0.2) is 4.79 Å². The molecule has 0 fully saturated rings. The van der Waals surface area contributed by atoms with Crippen LogP contribution in [0.3, 0.4) is 0 Å². The number of benzene rings is 2. The van der Waals surface area contributed by atoms with Gasteiger partial charge in [0.2, 0.25) is 0 Å². The predicted octanol–water partition coefficient (Wildman–Crippen LogP) is 3.58. The van der Waals surface area contributed by atoms with Gasteiger partial charge in [0, 0.05) is 12.3 Å². The number of carbonyl (C=O) groups is 2. The Hall–Kier alpha value is -2.73. The van der Waals surface area contributed by atoms with Crippen LogP contribution in [0.1, 0.15) is 16.8 Å². The maximum atomic E-state index is 12.9. The molecule has 0 aromatic heterocycles. The molecular formula is C17H15ClN2O4. The van der Waals surface area contributed by atoms with Crippen LogP contribution in [-0.2, 0) is 0 Å². The number of hydrazine groups is 1. The lowest BCUT2D eigenvalue weighted by atomic mass is 10.1. The molecule has 0 saturated heterocycles. The molecule has 0 spiro atoms. The van der Waals surface area contributed by atoms with Crippen molar-refractivity contribution in [1.82, 2.24) is 5.01 Å². The van der Waals surface area contributed by atoms with E-state index in [2.05, 4.69) is 0 Å². The van der Waals surface area contributed by atoms with Crippen molar-refractivity contribution in [3.8, 4) is 5.75 Å². The van der Waals surface area contributed by atoms with E-state index in [1.807, 2.05) is 0 Å². The number of hydrogen-bond acceptors (Lipinski definition) is 3. The molecule has 1 aliphatic heterocycles. The molecule has 0 bridgehead atoms. The lowest BCUT2D eigenvalue weighted by Gasteiger charge is -2.41. The number of ether oxygens (including phenoxy) is 1. The average molecular weight is 347 g/mol. The van der Waals surface area contributed by atoms with Crippen molar-refractivity contribution in [3.05, 3.63) is 60.2 Å². The van der Waals surface area contributed by atoms with Gasteiger partial charge in [-0.3, -0.25) is 4.79 Å². The number of para-hydroxylation sites is 2. The van der Waals surface area contributed by atoms with E-state index in [-0.39, 0.29) is 12.3 Å². The molecule has 2 aromatic rings. The van der Waals surface area contributed by atoms with Crippen LogP contribution in [-0.4, -0.2) is 34.2 Å². The van der Waals surface area contributed by atoms with Crippen LogP contribution in [0.2, 0.25) is 0 Å². The van der Waals surface area contributed by atoms with Crippen LogP contribution in [0.4, 0.5) is 10.5 Å². The third kappa shape index (κ3) is 2.88. The first-order valence-electron chi connectivity index (χ1n) is 7.36. The topological polar surface area (TPSA) is 70.1 Å². The van der Waals surface area contributed by atoms with Crippen LogP contribution < -0.4 is 9.75 Å². The van der Waals surface area contributed by atoms with E-state index in [1.165, 1.54) is 0 Å². The van der Waals surface area contributed by atoms with Crippen molar-refractivity contribution in [2.75, 3.05) is 10.9 Å². The summed E-state index contributed by atoms with van der Waals surface area (Å²) in [5.74, 6) is 0.198. The van der Waals surface area contributed by atoms with E-state index in [0.29, 0.717) is 17.0 Å². The van der Waals surface area contributed by atoms with E-state index in [1.54, 1.807) is 54.6 Å². The molecule has 124 valence electrons. The molecular weight excluding hydrogens is 332 g/mol. The van der Waals surface area contributed by atoms with Crippen molar-refractivity contribution in [1.29, 1.82) is 0 Å². The lowest BCUT2D eigenvalue weighted by Crippen LogP contribution is -2.58. The van der Waals surface area contributed by atoms with E-state index < -0.39 is 18.2 Å². The number of rotatable bonds is 4. The second-order valence-electron chi connectivity index (χ2n) is 5.13. The first-order chi connectivity index (χ1) is 11.6. The molecule has 2 aromatic carbocycles. The van der Waals surface area contributed by atoms with Gasteiger partial charge in [0.05, 0.1) is 11.3 Å². The highest BCUT2D eigenvalue weighted by Crippen LogP contribution is 2.32. The summed E-state index contributed by atoms with van der Waals surface area (Å²) in [6.45, 7) is 0. The number of hydrogen-bond donors (Lipinski definition) is 1. The highest BCUT2D eigenvalue weighted by atomic mass is 35.5. The minimum atomic E-state index is -1.28. The summed E-state index contributed by atoms with van der Waals surface area (Å²) in [6, 6.07) is 15.1. The van der Waals surface area contributed by atoms with Crippen LogP contribution in [0, 0.1) is 0 Å². The SMILES string of the molecule is O=C(O)N(c1ccccc1)N1C(=O)c2ccccc2O[C@H]1CCCl. The number of halogens is 1. The number of amides is 2. The van der Waals surface area contributed by atoms with E-state index in [0.717, 1.165) is 10.0 Å². The highest BCUT2D eigenvalue weighted by molar-refractivity contribution is 6.17. The Labute approximate surface area is 143 Å². The third-order valence-electron chi connectivity index (χ3n) is 3.61. The maximum absolute atomic E-state index is 12.9. The van der Waals surface area contributed by atoms with Gasteiger partial charge in [-0.05, 0) is 24.3 Å². The average Bonchev–Trinajstić information content (AvgIpc) is 2.59. The van der Waals surface area contributed by atoms with Crippen molar-refractivity contribution < 1.29 is 19.4 Å². The summed E-state index contributed by atoms with van der Waals surface area (Å²) in [6.07, 6.45) is -1.79. The summed E-state index contributed by atoms with van der Waals surface area (Å²) in [5.41, 5.74) is 0.659. The zero-order valence-electron chi connectivity index (χ0n) is 12.6. The van der Waals surface area contributed by atoms with Gasteiger partial charge in [0.1, 0.15) is 5.75 Å². The molecule has 1 aliphatic rings. The maximum Gasteiger partial charge on any atom is 0.431 e. The zero-order chi connectivity index (χ0) is 17.1. The second-order valence-corrected chi connectivity index (χ2v) is 5.50. The van der Waals surface area contributed by atoms with Crippen LogP contribution in [0.15, 0.2) is 54.6 Å². The predicted molar refractivity (Wildman–Crippen MR) is 89.3 cm³/mol. The standard InChI is InChI=1S/C17H15ClN2O4/c18-11-10-15-20(16(21)13-8-4-5-9-14(13)24-15)19(17(22)23)12-6-2-1-3-7-12/h1-9,15H,10-11H2,(H,22,23)/t15-/m0/s1. The largest absolute Gasteiger partial charge is 0.468 e. The fraction of sp³-hybridized carbons (Fsp3) is 0.176. The third-order valence-corrected chi connectivity index (χ3v) is 3.83. The Morgan fingerprint density at radius 3 is 2.50 bits per heavy atom. The zero-order valence-corrected chi connectivity index (χ0v) is 13.4. The van der Waals surface area contributed by atoms with Crippen LogP contribution >= 0.6 is 11.6 Å². The van der Waals surface area contributed by atoms with Crippen LogP contribution in [0.5, 0.6) is 5.75 Å². The number of alkyl halides is 1. The minimum Gasteiger partial charge on any atom is -0.468 e. The fourth-order valence-electron chi connectivity index (χ4n) is 2.59. The molecule has 0 saturated carbocycles. The molecule has 0 unspecified atom stereocenters. The lowest BCUT2D eigenvalue weighted by molar-refractivity contribution is 0.00386. The normalized spacial score (nSPS) is 16.3. The van der Waals surface area contributed by atoms with Crippen LogP contribution in [0.25, 0.3) is 0 Å². The number of nitrogens with zero attached hydrogens (tertiary/aromatic N) is 2. The number of anilines is 1. The molecule has 0 aliphatic carbocycles. The van der Waals surface area contributed by atoms with Crippen molar-refractivity contribution in [2.45, 2.75) is 12.6 Å². The molecule has 3 rings (SSSR count). The number of carboxylic acid groups (broad SMARTS) is 1. The summed E-state index contributed by atoms with van der Waals surface area (Å²) >= 11 is 5.82. The van der Waals surface area contributed by atoms with Gasteiger partial charge in [-0.2, -0.15) is 10.0 Å². The molecule has 1 atom stereocenters. The Balaban J connectivity index is 2.08. The van der Waals surface area contributed by atoms with Gasteiger partial charge in [-0.1, -0.05) is 30.3 Å². The molecule has 1 N–H and O–H groups in total. The van der Waals surface area contributed by atoms with Crippen molar-refractivity contribution in [3.63, 3.8) is 0 Å². The number of fused-ring (bicyclic) bond motifs is 1. The van der Waals surface area contributed by atoms with Gasteiger partial charge in [-0.15, -0.1) is 11.6 Å². The summed E-state index contributed by atoms with van der Waals surface area (Å²) in [5, 5.41) is 11.7. The van der Waals surface area contributed by atoms with Crippen molar-refractivity contribution in [2.24, 2.45) is 0 Å². The smallest absolute Gasteiger partial charge is 0.431 e. The monoisotopic (exact) mass is 346 g/mol. The molecule has 0 radical (unpaired) electrons.